The van der Waals surface area contributed by atoms with E-state index in [0.717, 1.165) is 16.3 Å². The molecule has 0 spiro atoms. The minimum atomic E-state index is -0.513. The summed E-state index contributed by atoms with van der Waals surface area (Å²) in [7, 11) is 0. The van der Waals surface area contributed by atoms with Gasteiger partial charge in [0.25, 0.3) is 5.91 Å². The van der Waals surface area contributed by atoms with E-state index in [4.69, 9.17) is 0 Å². The Bertz CT molecular complexity index is 620. The first-order valence-corrected chi connectivity index (χ1v) is 4.59. The lowest BCUT2D eigenvalue weighted by Gasteiger charge is -2.03. The Hall–Kier alpha value is -1.99. The number of carbonyl (C=O) groups excluding carboxylic acids is 2. The molecule has 0 atom stereocenters. The maximum absolute atomic E-state index is 11.3. The van der Waals surface area contributed by atoms with Crippen LogP contribution in [0.3, 0.4) is 0 Å². The Morgan fingerprint density at radius 3 is 2.53 bits per heavy atom. The standard InChI is InChI=1S/C12H9NO2/c1-7-3-9-5-10(6-14)12(15)13-11(9)4-8(7)2/h3-5H,1-2H3. The van der Waals surface area contributed by atoms with Crippen LogP contribution in [0.25, 0.3) is 6.08 Å². The van der Waals surface area contributed by atoms with Crippen LogP contribution in [0.2, 0.25) is 0 Å². The van der Waals surface area contributed by atoms with Crippen LogP contribution in [0.5, 0.6) is 0 Å². The van der Waals surface area contributed by atoms with Gasteiger partial charge in [-0.05, 0) is 43.2 Å². The molecule has 1 aliphatic heterocycles. The molecule has 1 aromatic rings. The molecule has 15 heavy (non-hydrogen) atoms. The zero-order valence-corrected chi connectivity index (χ0v) is 8.50. The number of benzene rings is 1. The van der Waals surface area contributed by atoms with Crippen molar-refractivity contribution in [1.82, 2.24) is 0 Å². The lowest BCUT2D eigenvalue weighted by molar-refractivity contribution is -0.114. The number of fused-ring (bicyclic) bond motifs is 1. The summed E-state index contributed by atoms with van der Waals surface area (Å²) in [6.45, 7) is 3.94. The Labute approximate surface area is 86.5 Å². The van der Waals surface area contributed by atoms with Gasteiger partial charge < -0.3 is 0 Å². The summed E-state index contributed by atoms with van der Waals surface area (Å²) < 4.78 is 0. The first-order chi connectivity index (χ1) is 7.11. The van der Waals surface area contributed by atoms with Gasteiger partial charge in [0.05, 0.1) is 5.36 Å². The molecule has 0 bridgehead atoms. The molecule has 1 amide bonds. The molecule has 74 valence electrons. The van der Waals surface area contributed by atoms with Gasteiger partial charge in [-0.1, -0.05) is 0 Å². The lowest BCUT2D eigenvalue weighted by Crippen LogP contribution is -2.31. The van der Waals surface area contributed by atoms with Crippen molar-refractivity contribution in [3.63, 3.8) is 0 Å². The molecule has 0 aromatic heterocycles. The van der Waals surface area contributed by atoms with Crippen LogP contribution in [-0.4, -0.2) is 11.8 Å². The van der Waals surface area contributed by atoms with Crippen LogP contribution in [-0.2, 0) is 9.59 Å². The van der Waals surface area contributed by atoms with Gasteiger partial charge in [0.1, 0.15) is 11.5 Å². The SMILES string of the molecule is Cc1cc2c(cc1C)=NC(=O)C(=C=O)C=2. The summed E-state index contributed by atoms with van der Waals surface area (Å²) in [5.41, 5.74) is 2.18. The van der Waals surface area contributed by atoms with Crippen LogP contribution in [0, 0.1) is 13.8 Å². The minimum Gasteiger partial charge on any atom is -0.266 e. The van der Waals surface area contributed by atoms with E-state index >= 15 is 0 Å². The molecule has 0 radical (unpaired) electrons. The lowest BCUT2D eigenvalue weighted by atomic mass is 10.1. The maximum Gasteiger partial charge on any atom is 0.288 e. The van der Waals surface area contributed by atoms with E-state index < -0.39 is 5.91 Å². The fraction of sp³-hybridized carbons (Fsp3) is 0.167. The zero-order chi connectivity index (χ0) is 11.0. The van der Waals surface area contributed by atoms with Crippen molar-refractivity contribution in [3.05, 3.63) is 39.4 Å². The van der Waals surface area contributed by atoms with Gasteiger partial charge in [-0.15, -0.1) is 0 Å². The molecule has 3 heteroatoms. The van der Waals surface area contributed by atoms with Crippen molar-refractivity contribution in [2.45, 2.75) is 13.8 Å². The fourth-order valence-corrected chi connectivity index (χ4v) is 1.50. The summed E-state index contributed by atoms with van der Waals surface area (Å²) >= 11 is 0. The van der Waals surface area contributed by atoms with Crippen molar-refractivity contribution >= 4 is 17.9 Å². The molecular weight excluding hydrogens is 190 g/mol. The molecule has 0 N–H and O–H groups in total. The third kappa shape index (κ3) is 1.53. The highest BCUT2D eigenvalue weighted by molar-refractivity contribution is 6.09. The van der Waals surface area contributed by atoms with Crippen molar-refractivity contribution in [2.24, 2.45) is 4.99 Å². The molecule has 0 unspecified atom stereocenters. The van der Waals surface area contributed by atoms with E-state index in [9.17, 15) is 9.59 Å². The highest BCUT2D eigenvalue weighted by Gasteiger charge is 2.11. The molecular formula is C12H9NO2. The van der Waals surface area contributed by atoms with E-state index in [1.54, 1.807) is 5.94 Å². The Morgan fingerprint density at radius 2 is 1.87 bits per heavy atom. The number of hydrogen-bond donors (Lipinski definition) is 0. The molecule has 2 rings (SSSR count). The van der Waals surface area contributed by atoms with Gasteiger partial charge in [-0.2, -0.15) is 0 Å². The topological polar surface area (TPSA) is 46.5 Å². The summed E-state index contributed by atoms with van der Waals surface area (Å²) in [6.07, 6.45) is 1.53. The van der Waals surface area contributed by atoms with Crippen LogP contribution in [0.15, 0.2) is 22.7 Å². The van der Waals surface area contributed by atoms with Gasteiger partial charge in [0.2, 0.25) is 0 Å². The average molecular weight is 199 g/mol. The number of hydrogen-bond acceptors (Lipinski definition) is 2. The van der Waals surface area contributed by atoms with E-state index in [0.29, 0.717) is 5.36 Å². The molecule has 0 saturated heterocycles. The smallest absolute Gasteiger partial charge is 0.266 e. The van der Waals surface area contributed by atoms with Gasteiger partial charge in [-0.3, -0.25) is 4.79 Å². The van der Waals surface area contributed by atoms with Gasteiger partial charge in [0.15, 0.2) is 0 Å². The second-order valence-corrected chi connectivity index (χ2v) is 3.57. The van der Waals surface area contributed by atoms with Crippen LogP contribution in [0.1, 0.15) is 11.1 Å². The monoisotopic (exact) mass is 199 g/mol. The molecule has 3 nitrogen and oxygen atoms in total. The highest BCUT2D eigenvalue weighted by atomic mass is 16.2. The molecule has 1 aliphatic rings. The minimum absolute atomic E-state index is 0.00856. The highest BCUT2D eigenvalue weighted by Crippen LogP contribution is 2.02. The van der Waals surface area contributed by atoms with E-state index in [1.165, 1.54) is 6.08 Å². The Kier molecular flexibility index (Phi) is 2.10. The van der Waals surface area contributed by atoms with Crippen LogP contribution >= 0.6 is 0 Å². The van der Waals surface area contributed by atoms with Crippen molar-refractivity contribution in [1.29, 1.82) is 0 Å². The quantitative estimate of drug-likeness (QED) is 0.436. The normalized spacial score (nSPS) is 13.7. The van der Waals surface area contributed by atoms with E-state index in [-0.39, 0.29) is 5.57 Å². The third-order valence-electron chi connectivity index (χ3n) is 2.51. The number of carbonyl (C=O) groups is 1. The van der Waals surface area contributed by atoms with E-state index in [1.807, 2.05) is 26.0 Å². The Balaban J connectivity index is 2.89. The van der Waals surface area contributed by atoms with Crippen LogP contribution in [0.4, 0.5) is 0 Å². The summed E-state index contributed by atoms with van der Waals surface area (Å²) in [5, 5.41) is 1.43. The van der Waals surface area contributed by atoms with Crippen molar-refractivity contribution in [3.8, 4) is 0 Å². The van der Waals surface area contributed by atoms with Gasteiger partial charge in [0, 0.05) is 5.22 Å². The second-order valence-electron chi connectivity index (χ2n) is 3.57. The van der Waals surface area contributed by atoms with Crippen molar-refractivity contribution < 1.29 is 9.59 Å². The summed E-state index contributed by atoms with van der Waals surface area (Å²) in [5.74, 6) is 1.08. The maximum atomic E-state index is 11.3. The van der Waals surface area contributed by atoms with Crippen LogP contribution < -0.4 is 10.6 Å². The van der Waals surface area contributed by atoms with Gasteiger partial charge >= 0.3 is 0 Å². The molecule has 0 saturated carbocycles. The number of nitrogens with zero attached hydrogens (tertiary/aromatic N) is 1. The Morgan fingerprint density at radius 1 is 1.20 bits per heavy atom. The first kappa shape index (κ1) is 9.56. The molecule has 0 fully saturated rings. The predicted octanol–water partition coefficient (Wildman–Crippen LogP) is 0.00174. The van der Waals surface area contributed by atoms with Crippen molar-refractivity contribution in [2.75, 3.05) is 0 Å². The predicted molar refractivity (Wildman–Crippen MR) is 55.4 cm³/mol. The summed E-state index contributed by atoms with van der Waals surface area (Å²) in [4.78, 5) is 25.6. The molecule has 1 aromatic carbocycles. The molecule has 1 heterocycles. The average Bonchev–Trinajstić information content (AvgIpc) is 2.20. The fourth-order valence-electron chi connectivity index (χ4n) is 1.50. The molecule has 0 aliphatic carbocycles. The number of amides is 1. The second kappa shape index (κ2) is 3.30. The first-order valence-electron chi connectivity index (χ1n) is 4.59. The van der Waals surface area contributed by atoms with Gasteiger partial charge in [-0.25, -0.2) is 9.79 Å². The zero-order valence-electron chi connectivity index (χ0n) is 8.50. The summed E-state index contributed by atoms with van der Waals surface area (Å²) in [6, 6.07) is 3.76. The largest absolute Gasteiger partial charge is 0.288 e. The number of rotatable bonds is 0. The number of aryl methyl sites for hydroxylation is 2. The third-order valence-corrected chi connectivity index (χ3v) is 2.51. The van der Waals surface area contributed by atoms with E-state index in [2.05, 4.69) is 4.99 Å².